The summed E-state index contributed by atoms with van der Waals surface area (Å²) < 4.78 is 0. The molecule has 0 aromatic rings. The molecule has 0 fully saturated rings. The van der Waals surface area contributed by atoms with Gasteiger partial charge in [0.1, 0.15) is 0 Å². The molecule has 0 aromatic carbocycles. The first-order valence-electron chi connectivity index (χ1n) is 3.81. The minimum absolute atomic E-state index is 0. The second-order valence-corrected chi connectivity index (χ2v) is 2.01. The first-order chi connectivity index (χ1) is 6.00. The van der Waals surface area contributed by atoms with E-state index in [2.05, 4.69) is 35.9 Å². The third kappa shape index (κ3) is 12.1. The number of allylic oxidation sites excluding steroid dienone is 8. The van der Waals surface area contributed by atoms with E-state index in [1.807, 2.05) is 24.3 Å². The zero-order chi connectivity index (χ0) is 9.07. The molecule has 0 saturated carbocycles. The van der Waals surface area contributed by atoms with Crippen molar-refractivity contribution >= 4 is 11.6 Å². The third-order valence-corrected chi connectivity index (χ3v) is 1.17. The number of rotatable bonds is 0. The molecule has 0 nitrogen and oxygen atoms in total. The fourth-order valence-electron chi connectivity index (χ4n) is 0.680. The minimum atomic E-state index is 0. The van der Waals surface area contributed by atoms with Gasteiger partial charge in [0.2, 0.25) is 0 Å². The van der Waals surface area contributed by atoms with E-state index in [9.17, 15) is 0 Å². The van der Waals surface area contributed by atoms with E-state index >= 15 is 0 Å². The Labute approximate surface area is 105 Å². The van der Waals surface area contributed by atoms with Crippen LogP contribution in [-0.2, 0) is 26.2 Å². The summed E-state index contributed by atoms with van der Waals surface area (Å²) >= 11 is 4.64. The smallest absolute Gasteiger partial charge is 0.273 e. The van der Waals surface area contributed by atoms with Crippen LogP contribution in [0.2, 0.25) is 0 Å². The van der Waals surface area contributed by atoms with Crippen molar-refractivity contribution in [2.45, 2.75) is 12.8 Å². The Morgan fingerprint density at radius 2 is 1.31 bits per heavy atom. The van der Waals surface area contributed by atoms with Crippen LogP contribution in [0.3, 0.4) is 0 Å². The van der Waals surface area contributed by atoms with E-state index in [4.69, 9.17) is 0 Å². The SMILES string of the molecule is CCl.[C-]1=CC=CC1.[C-]1=CC=CC1.[Zr+2]. The molecule has 2 rings (SSSR count). The Bertz CT molecular complexity index is 148. The average Bonchev–Trinajstić information content (AvgIpc) is 2.87. The summed E-state index contributed by atoms with van der Waals surface area (Å²) in [5.41, 5.74) is 0. The maximum Gasteiger partial charge on any atom is 2.00 e. The summed E-state index contributed by atoms with van der Waals surface area (Å²) in [7, 11) is 0. The molecule has 68 valence electrons. The molecular formula is C11H13ClZr. The van der Waals surface area contributed by atoms with Crippen molar-refractivity contribution in [3.63, 3.8) is 0 Å². The van der Waals surface area contributed by atoms with Crippen LogP contribution in [0, 0.1) is 12.2 Å². The molecule has 0 bridgehead atoms. The second-order valence-electron chi connectivity index (χ2n) is 2.01. The maximum atomic E-state index is 4.64. The molecule has 2 heteroatoms. The van der Waals surface area contributed by atoms with Gasteiger partial charge in [-0.1, -0.05) is 0 Å². The van der Waals surface area contributed by atoms with Gasteiger partial charge in [0, 0.05) is 6.38 Å². The molecule has 0 unspecified atom stereocenters. The number of alkyl halides is 1. The van der Waals surface area contributed by atoms with Gasteiger partial charge in [-0.3, -0.25) is 12.2 Å². The summed E-state index contributed by atoms with van der Waals surface area (Å²) in [5.74, 6) is 0. The van der Waals surface area contributed by atoms with Crippen molar-refractivity contribution < 1.29 is 26.2 Å². The van der Waals surface area contributed by atoms with Crippen LogP contribution >= 0.6 is 11.6 Å². The molecule has 0 spiro atoms. The molecule has 0 aliphatic heterocycles. The van der Waals surface area contributed by atoms with Crippen LogP contribution in [0.15, 0.2) is 36.5 Å². The number of hydrogen-bond donors (Lipinski definition) is 0. The Morgan fingerprint density at radius 3 is 1.38 bits per heavy atom. The zero-order valence-electron chi connectivity index (χ0n) is 7.76. The van der Waals surface area contributed by atoms with Crippen LogP contribution in [0.1, 0.15) is 12.8 Å². The fourth-order valence-corrected chi connectivity index (χ4v) is 0.680. The quantitative estimate of drug-likeness (QED) is 0.468. The fraction of sp³-hybridized carbons (Fsp3) is 0.273. The molecule has 2 aliphatic carbocycles. The van der Waals surface area contributed by atoms with Crippen molar-refractivity contribution in [1.82, 2.24) is 0 Å². The minimum Gasteiger partial charge on any atom is -0.273 e. The van der Waals surface area contributed by atoms with Gasteiger partial charge < -0.3 is 0 Å². The van der Waals surface area contributed by atoms with Crippen molar-refractivity contribution in [2.24, 2.45) is 0 Å². The molecule has 0 amide bonds. The summed E-state index contributed by atoms with van der Waals surface area (Å²) in [6.07, 6.45) is 21.5. The predicted octanol–water partition coefficient (Wildman–Crippen LogP) is 3.46. The molecule has 0 N–H and O–H groups in total. The second kappa shape index (κ2) is 14.6. The Kier molecular flexibility index (Phi) is 17.6. The monoisotopic (exact) mass is 270 g/mol. The van der Waals surface area contributed by atoms with Crippen LogP contribution in [0.5, 0.6) is 0 Å². The van der Waals surface area contributed by atoms with Gasteiger partial charge in [0.25, 0.3) is 0 Å². The van der Waals surface area contributed by atoms with Crippen molar-refractivity contribution in [3.8, 4) is 0 Å². The standard InChI is InChI=1S/2C5H5.CH3Cl.Zr/c2*1-2-4-5-3-1;1-2;/h2*1-3H,4H2;1H3;/q2*-1;;+2. The van der Waals surface area contributed by atoms with Crippen molar-refractivity contribution in [1.29, 1.82) is 0 Å². The van der Waals surface area contributed by atoms with Gasteiger partial charge in [-0.05, 0) is 0 Å². The topological polar surface area (TPSA) is 0 Å². The molecule has 0 atom stereocenters. The van der Waals surface area contributed by atoms with Crippen LogP contribution in [0.4, 0.5) is 0 Å². The van der Waals surface area contributed by atoms with E-state index in [1.165, 1.54) is 6.38 Å². The summed E-state index contributed by atoms with van der Waals surface area (Å²) in [4.78, 5) is 0. The predicted molar refractivity (Wildman–Crippen MR) is 54.9 cm³/mol. The molecule has 2 aliphatic rings. The Hall–Kier alpha value is 0.133. The van der Waals surface area contributed by atoms with E-state index in [-0.39, 0.29) is 26.2 Å². The van der Waals surface area contributed by atoms with Gasteiger partial charge in [-0.15, -0.1) is 24.4 Å². The largest absolute Gasteiger partial charge is 2.00 e. The Morgan fingerprint density at radius 1 is 0.923 bits per heavy atom. The van der Waals surface area contributed by atoms with E-state index in [1.54, 1.807) is 0 Å². The van der Waals surface area contributed by atoms with Gasteiger partial charge in [0.15, 0.2) is 0 Å². The summed E-state index contributed by atoms with van der Waals surface area (Å²) in [6.45, 7) is 0. The van der Waals surface area contributed by atoms with Gasteiger partial charge in [0.05, 0.1) is 0 Å². The normalized spacial score (nSPS) is 14.0. The number of halogens is 1. The molecule has 0 saturated heterocycles. The first kappa shape index (κ1) is 15.6. The number of hydrogen-bond acceptors (Lipinski definition) is 0. The van der Waals surface area contributed by atoms with Crippen LogP contribution in [-0.4, -0.2) is 6.38 Å². The Balaban J connectivity index is 0. The van der Waals surface area contributed by atoms with E-state index in [0.29, 0.717) is 0 Å². The van der Waals surface area contributed by atoms with Gasteiger partial charge in [-0.25, -0.2) is 24.3 Å². The molecule has 0 radical (unpaired) electrons. The third-order valence-electron chi connectivity index (χ3n) is 1.17. The van der Waals surface area contributed by atoms with Gasteiger partial charge in [-0.2, -0.15) is 12.2 Å². The van der Waals surface area contributed by atoms with E-state index < -0.39 is 0 Å². The average molecular weight is 272 g/mol. The van der Waals surface area contributed by atoms with Crippen molar-refractivity contribution in [3.05, 3.63) is 48.6 Å². The van der Waals surface area contributed by atoms with Crippen LogP contribution in [0.25, 0.3) is 0 Å². The molecular weight excluding hydrogens is 259 g/mol. The van der Waals surface area contributed by atoms with Crippen molar-refractivity contribution in [2.75, 3.05) is 6.38 Å². The van der Waals surface area contributed by atoms with Gasteiger partial charge >= 0.3 is 26.2 Å². The first-order valence-corrected chi connectivity index (χ1v) is 4.57. The molecule has 0 heterocycles. The summed E-state index contributed by atoms with van der Waals surface area (Å²) in [5, 5.41) is 0. The zero-order valence-corrected chi connectivity index (χ0v) is 11.0. The van der Waals surface area contributed by atoms with E-state index in [0.717, 1.165) is 12.8 Å². The molecule has 13 heavy (non-hydrogen) atoms. The van der Waals surface area contributed by atoms with Crippen LogP contribution < -0.4 is 0 Å². The molecule has 0 aromatic heterocycles. The maximum absolute atomic E-state index is 4.64. The summed E-state index contributed by atoms with van der Waals surface area (Å²) in [6, 6.07) is 0.